The van der Waals surface area contributed by atoms with E-state index in [0.717, 1.165) is 5.56 Å². The van der Waals surface area contributed by atoms with Gasteiger partial charge in [-0.2, -0.15) is 0 Å². The number of hydrogen-bond donors (Lipinski definition) is 0. The zero-order valence-corrected chi connectivity index (χ0v) is 11.7. The first-order valence-electron chi connectivity index (χ1n) is 6.43. The van der Waals surface area contributed by atoms with Crippen LogP contribution in [0.4, 0.5) is 0 Å². The summed E-state index contributed by atoms with van der Waals surface area (Å²) in [7, 11) is 3.18. The van der Waals surface area contributed by atoms with Crippen molar-refractivity contribution in [2.24, 2.45) is 0 Å². The van der Waals surface area contributed by atoms with E-state index >= 15 is 0 Å². The summed E-state index contributed by atoms with van der Waals surface area (Å²) in [5.41, 5.74) is 1.52. The standard InChI is InChI=1S/C16H14N2O3/c1-19-12-9-6-10-13(20-2)14(12)16-18-17-15(21-16)11-7-4-3-5-8-11/h3-10H,1-2H3. The van der Waals surface area contributed by atoms with Crippen LogP contribution in [0.1, 0.15) is 0 Å². The Morgan fingerprint density at radius 1 is 0.762 bits per heavy atom. The highest BCUT2D eigenvalue weighted by Crippen LogP contribution is 2.38. The predicted molar refractivity (Wildman–Crippen MR) is 78.3 cm³/mol. The Morgan fingerprint density at radius 2 is 1.38 bits per heavy atom. The van der Waals surface area contributed by atoms with Crippen LogP contribution >= 0.6 is 0 Å². The monoisotopic (exact) mass is 282 g/mol. The van der Waals surface area contributed by atoms with E-state index in [1.165, 1.54) is 0 Å². The first-order valence-corrected chi connectivity index (χ1v) is 6.43. The Hall–Kier alpha value is -2.82. The van der Waals surface area contributed by atoms with Crippen molar-refractivity contribution in [1.29, 1.82) is 0 Å². The Morgan fingerprint density at radius 3 is 2.00 bits per heavy atom. The van der Waals surface area contributed by atoms with Gasteiger partial charge >= 0.3 is 0 Å². The fraction of sp³-hybridized carbons (Fsp3) is 0.125. The molecule has 0 atom stereocenters. The number of nitrogens with zero attached hydrogens (tertiary/aromatic N) is 2. The first-order chi connectivity index (χ1) is 10.3. The highest BCUT2D eigenvalue weighted by molar-refractivity contribution is 5.71. The van der Waals surface area contributed by atoms with Crippen LogP contribution in [0.5, 0.6) is 11.5 Å². The Balaban J connectivity index is 2.08. The average molecular weight is 282 g/mol. The third kappa shape index (κ3) is 2.45. The van der Waals surface area contributed by atoms with Crippen LogP contribution in [0, 0.1) is 0 Å². The van der Waals surface area contributed by atoms with Gasteiger partial charge in [-0.05, 0) is 24.3 Å². The maximum atomic E-state index is 5.76. The van der Waals surface area contributed by atoms with Crippen LogP contribution in [0.15, 0.2) is 52.9 Å². The lowest BCUT2D eigenvalue weighted by Gasteiger charge is -2.09. The van der Waals surface area contributed by atoms with Crippen molar-refractivity contribution >= 4 is 0 Å². The summed E-state index contributed by atoms with van der Waals surface area (Å²) in [5, 5.41) is 8.19. The second-order valence-electron chi connectivity index (χ2n) is 4.32. The number of hydrogen-bond acceptors (Lipinski definition) is 5. The van der Waals surface area contributed by atoms with Gasteiger partial charge in [0.25, 0.3) is 5.89 Å². The number of ether oxygens (including phenoxy) is 2. The van der Waals surface area contributed by atoms with Crippen molar-refractivity contribution in [3.63, 3.8) is 0 Å². The molecule has 0 bridgehead atoms. The molecule has 21 heavy (non-hydrogen) atoms. The first kappa shape index (κ1) is 13.2. The number of aromatic nitrogens is 2. The zero-order valence-electron chi connectivity index (χ0n) is 11.7. The van der Waals surface area contributed by atoms with Gasteiger partial charge in [0.15, 0.2) is 0 Å². The zero-order chi connectivity index (χ0) is 14.7. The van der Waals surface area contributed by atoms with Crippen LogP contribution in [0.2, 0.25) is 0 Å². The number of rotatable bonds is 4. The van der Waals surface area contributed by atoms with Crippen molar-refractivity contribution in [3.05, 3.63) is 48.5 Å². The summed E-state index contributed by atoms with van der Waals surface area (Å²) in [5.74, 6) is 2.07. The molecule has 0 unspecified atom stereocenters. The molecule has 1 aromatic heterocycles. The van der Waals surface area contributed by atoms with E-state index in [1.807, 2.05) is 48.5 Å². The highest BCUT2D eigenvalue weighted by atomic mass is 16.5. The molecule has 0 saturated carbocycles. The maximum absolute atomic E-state index is 5.76. The van der Waals surface area contributed by atoms with Gasteiger partial charge in [0.2, 0.25) is 5.89 Å². The quantitative estimate of drug-likeness (QED) is 0.733. The lowest BCUT2D eigenvalue weighted by atomic mass is 10.1. The Bertz CT molecular complexity index is 716. The van der Waals surface area contributed by atoms with Gasteiger partial charge in [-0.15, -0.1) is 10.2 Å². The molecule has 0 aliphatic carbocycles. The lowest BCUT2D eigenvalue weighted by molar-refractivity contribution is 0.394. The van der Waals surface area contributed by atoms with Crippen LogP contribution in [0.3, 0.4) is 0 Å². The smallest absolute Gasteiger partial charge is 0.255 e. The van der Waals surface area contributed by atoms with Gasteiger partial charge in [0, 0.05) is 5.56 Å². The second kappa shape index (κ2) is 5.66. The van der Waals surface area contributed by atoms with E-state index in [1.54, 1.807) is 14.2 Å². The summed E-state index contributed by atoms with van der Waals surface area (Å²) in [6, 6.07) is 15.1. The Kier molecular flexibility index (Phi) is 3.55. The molecular formula is C16H14N2O3. The molecule has 106 valence electrons. The topological polar surface area (TPSA) is 57.4 Å². The van der Waals surface area contributed by atoms with E-state index < -0.39 is 0 Å². The number of benzene rings is 2. The maximum Gasteiger partial charge on any atom is 0.255 e. The SMILES string of the molecule is COc1cccc(OC)c1-c1nnc(-c2ccccc2)o1. The normalized spacial score (nSPS) is 10.4. The highest BCUT2D eigenvalue weighted by Gasteiger charge is 2.19. The molecule has 3 rings (SSSR count). The molecule has 0 fully saturated rings. The second-order valence-corrected chi connectivity index (χ2v) is 4.32. The fourth-order valence-corrected chi connectivity index (χ4v) is 2.08. The Labute approximate surface area is 122 Å². The third-order valence-electron chi connectivity index (χ3n) is 3.09. The van der Waals surface area contributed by atoms with Crippen LogP contribution < -0.4 is 9.47 Å². The molecule has 0 N–H and O–H groups in total. The summed E-state index contributed by atoms with van der Waals surface area (Å²) in [6.45, 7) is 0. The van der Waals surface area contributed by atoms with Gasteiger partial charge < -0.3 is 13.9 Å². The van der Waals surface area contributed by atoms with Gasteiger partial charge in [-0.1, -0.05) is 24.3 Å². The molecule has 0 spiro atoms. The molecule has 0 amide bonds. The minimum absolute atomic E-state index is 0.364. The van der Waals surface area contributed by atoms with Crippen molar-refractivity contribution < 1.29 is 13.9 Å². The molecular weight excluding hydrogens is 268 g/mol. The summed E-state index contributed by atoms with van der Waals surface area (Å²) < 4.78 is 16.5. The minimum Gasteiger partial charge on any atom is -0.496 e. The van der Waals surface area contributed by atoms with E-state index in [0.29, 0.717) is 28.8 Å². The average Bonchev–Trinajstić information content (AvgIpc) is 3.04. The largest absolute Gasteiger partial charge is 0.496 e. The molecule has 5 heteroatoms. The van der Waals surface area contributed by atoms with Crippen molar-refractivity contribution in [2.75, 3.05) is 14.2 Å². The van der Waals surface area contributed by atoms with Crippen molar-refractivity contribution in [3.8, 4) is 34.4 Å². The summed E-state index contributed by atoms with van der Waals surface area (Å²) in [6.07, 6.45) is 0. The van der Waals surface area contributed by atoms with E-state index in [-0.39, 0.29) is 0 Å². The van der Waals surface area contributed by atoms with Crippen LogP contribution in [-0.4, -0.2) is 24.4 Å². The third-order valence-corrected chi connectivity index (χ3v) is 3.09. The molecule has 5 nitrogen and oxygen atoms in total. The van der Waals surface area contributed by atoms with E-state index in [2.05, 4.69) is 10.2 Å². The molecule has 0 saturated heterocycles. The molecule has 0 aliphatic heterocycles. The molecule has 0 radical (unpaired) electrons. The summed E-state index contributed by atoms with van der Waals surface area (Å²) in [4.78, 5) is 0. The van der Waals surface area contributed by atoms with Gasteiger partial charge in [0.1, 0.15) is 17.1 Å². The predicted octanol–water partition coefficient (Wildman–Crippen LogP) is 3.42. The van der Waals surface area contributed by atoms with Crippen LogP contribution in [0.25, 0.3) is 22.9 Å². The fourth-order valence-electron chi connectivity index (χ4n) is 2.08. The van der Waals surface area contributed by atoms with Gasteiger partial charge in [0.05, 0.1) is 14.2 Å². The van der Waals surface area contributed by atoms with Crippen molar-refractivity contribution in [1.82, 2.24) is 10.2 Å². The molecule has 0 aliphatic rings. The summed E-state index contributed by atoms with van der Waals surface area (Å²) >= 11 is 0. The van der Waals surface area contributed by atoms with Gasteiger partial charge in [-0.25, -0.2) is 0 Å². The lowest BCUT2D eigenvalue weighted by Crippen LogP contribution is -1.92. The number of methoxy groups -OCH3 is 2. The molecule has 1 heterocycles. The van der Waals surface area contributed by atoms with E-state index in [9.17, 15) is 0 Å². The minimum atomic E-state index is 0.364. The van der Waals surface area contributed by atoms with Crippen LogP contribution in [-0.2, 0) is 0 Å². The molecule has 3 aromatic rings. The molecule has 2 aromatic carbocycles. The van der Waals surface area contributed by atoms with Crippen molar-refractivity contribution in [2.45, 2.75) is 0 Å². The van der Waals surface area contributed by atoms with Gasteiger partial charge in [-0.3, -0.25) is 0 Å². The van der Waals surface area contributed by atoms with E-state index in [4.69, 9.17) is 13.9 Å².